The second kappa shape index (κ2) is 6.21. The molecular weight excluding hydrogens is 290 g/mol. The number of halogens is 2. The molecule has 2 aromatic carbocycles. The number of imidazole rings is 1. The average molecular weight is 302 g/mol. The number of anilines is 1. The van der Waals surface area contributed by atoms with Crippen LogP contribution in [0.2, 0.25) is 0 Å². The molecule has 0 saturated carbocycles. The van der Waals surface area contributed by atoms with E-state index in [0.717, 1.165) is 16.6 Å². The highest BCUT2D eigenvalue weighted by atomic mass is 19.3. The van der Waals surface area contributed by atoms with E-state index in [0.29, 0.717) is 5.95 Å². The summed E-state index contributed by atoms with van der Waals surface area (Å²) in [5.74, 6) is 0.632. The predicted molar refractivity (Wildman–Crippen MR) is 80.4 cm³/mol. The van der Waals surface area contributed by atoms with Crippen LogP contribution in [0.15, 0.2) is 53.6 Å². The fourth-order valence-electron chi connectivity index (χ4n) is 1.91. The molecule has 3 rings (SSSR count). The predicted octanol–water partition coefficient (Wildman–Crippen LogP) is 3.61. The lowest BCUT2D eigenvalue weighted by Crippen LogP contribution is -2.01. The van der Waals surface area contributed by atoms with Gasteiger partial charge in [0.15, 0.2) is 0 Å². The van der Waals surface area contributed by atoms with Gasteiger partial charge in [-0.2, -0.15) is 13.9 Å². The van der Waals surface area contributed by atoms with Gasteiger partial charge in [-0.05, 0) is 42.0 Å². The number of ether oxygens (including phenoxy) is 1. The number of para-hydroxylation sites is 2. The minimum Gasteiger partial charge on any atom is -0.435 e. The van der Waals surface area contributed by atoms with Crippen LogP contribution in [0.25, 0.3) is 11.0 Å². The number of aromatic amines is 1. The number of hydrazone groups is 1. The number of alkyl halides is 2. The number of hydrogen-bond donors (Lipinski definition) is 2. The molecule has 0 saturated heterocycles. The smallest absolute Gasteiger partial charge is 0.387 e. The Morgan fingerprint density at radius 3 is 2.64 bits per heavy atom. The summed E-state index contributed by atoms with van der Waals surface area (Å²) >= 11 is 0. The first-order valence-electron chi connectivity index (χ1n) is 6.49. The van der Waals surface area contributed by atoms with Gasteiger partial charge in [-0.1, -0.05) is 12.1 Å². The van der Waals surface area contributed by atoms with E-state index < -0.39 is 6.61 Å². The molecule has 22 heavy (non-hydrogen) atoms. The van der Waals surface area contributed by atoms with Crippen LogP contribution in [0.1, 0.15) is 5.56 Å². The van der Waals surface area contributed by atoms with E-state index in [9.17, 15) is 8.78 Å². The summed E-state index contributed by atoms with van der Waals surface area (Å²) in [6, 6.07) is 13.8. The van der Waals surface area contributed by atoms with Crippen LogP contribution in [0.5, 0.6) is 5.75 Å². The molecule has 0 radical (unpaired) electrons. The van der Waals surface area contributed by atoms with E-state index in [-0.39, 0.29) is 5.75 Å². The zero-order valence-electron chi connectivity index (χ0n) is 11.3. The fourth-order valence-corrected chi connectivity index (χ4v) is 1.91. The quantitative estimate of drug-likeness (QED) is 0.559. The lowest BCUT2D eigenvalue weighted by molar-refractivity contribution is -0.0498. The third-order valence-electron chi connectivity index (χ3n) is 2.88. The first kappa shape index (κ1) is 14.0. The van der Waals surface area contributed by atoms with Gasteiger partial charge in [0.05, 0.1) is 17.2 Å². The Balaban J connectivity index is 1.64. The summed E-state index contributed by atoms with van der Waals surface area (Å²) in [5.41, 5.74) is 5.27. The standard InChI is InChI=1S/C15H12F2N4O/c16-14(17)22-11-7-5-10(6-8-11)9-18-21-15-19-12-3-1-2-4-13(12)20-15/h1-9,14H,(H2,19,20,21). The SMILES string of the molecule is FC(F)Oc1ccc(C=NNc2nc3ccccc3[nH]2)cc1. The van der Waals surface area contributed by atoms with E-state index in [1.165, 1.54) is 12.1 Å². The topological polar surface area (TPSA) is 62.3 Å². The summed E-state index contributed by atoms with van der Waals surface area (Å²) in [7, 11) is 0. The highest BCUT2D eigenvalue weighted by molar-refractivity contribution is 5.81. The molecule has 2 N–H and O–H groups in total. The van der Waals surface area contributed by atoms with Crippen LogP contribution in [0, 0.1) is 0 Å². The van der Waals surface area contributed by atoms with Crippen molar-refractivity contribution in [3.05, 3.63) is 54.1 Å². The molecule has 0 unspecified atom stereocenters. The highest BCUT2D eigenvalue weighted by Gasteiger charge is 2.03. The molecule has 7 heteroatoms. The van der Waals surface area contributed by atoms with Gasteiger partial charge in [0.25, 0.3) is 0 Å². The van der Waals surface area contributed by atoms with Crippen LogP contribution >= 0.6 is 0 Å². The maximum atomic E-state index is 12.0. The van der Waals surface area contributed by atoms with E-state index in [2.05, 4.69) is 25.2 Å². The second-order valence-corrected chi connectivity index (χ2v) is 4.42. The molecule has 5 nitrogen and oxygen atoms in total. The Bertz CT molecular complexity index is 751. The monoisotopic (exact) mass is 302 g/mol. The summed E-state index contributed by atoms with van der Waals surface area (Å²) in [5, 5.41) is 4.04. The maximum Gasteiger partial charge on any atom is 0.387 e. The Hall–Kier alpha value is -2.96. The fraction of sp³-hybridized carbons (Fsp3) is 0.0667. The van der Waals surface area contributed by atoms with Crippen molar-refractivity contribution in [3.63, 3.8) is 0 Å². The van der Waals surface area contributed by atoms with Gasteiger partial charge in [-0.3, -0.25) is 0 Å². The van der Waals surface area contributed by atoms with E-state index >= 15 is 0 Å². The molecule has 3 aromatic rings. The molecule has 1 heterocycles. The Kier molecular flexibility index (Phi) is 3.95. The zero-order chi connectivity index (χ0) is 15.4. The first-order valence-corrected chi connectivity index (χ1v) is 6.49. The molecule has 0 spiro atoms. The highest BCUT2D eigenvalue weighted by Crippen LogP contribution is 2.15. The van der Waals surface area contributed by atoms with Crippen LogP contribution in [-0.2, 0) is 0 Å². The Morgan fingerprint density at radius 1 is 1.14 bits per heavy atom. The van der Waals surface area contributed by atoms with Crippen molar-refractivity contribution in [2.45, 2.75) is 6.61 Å². The van der Waals surface area contributed by atoms with Crippen molar-refractivity contribution in [3.8, 4) is 5.75 Å². The van der Waals surface area contributed by atoms with Crippen molar-refractivity contribution in [1.29, 1.82) is 0 Å². The number of rotatable bonds is 5. The molecule has 0 bridgehead atoms. The van der Waals surface area contributed by atoms with Crippen LogP contribution in [0.4, 0.5) is 14.7 Å². The molecular formula is C15H12F2N4O. The average Bonchev–Trinajstić information content (AvgIpc) is 2.91. The van der Waals surface area contributed by atoms with Gasteiger partial charge in [0, 0.05) is 0 Å². The number of aromatic nitrogens is 2. The van der Waals surface area contributed by atoms with Crippen molar-refractivity contribution in [2.24, 2.45) is 5.10 Å². The van der Waals surface area contributed by atoms with Crippen LogP contribution in [0.3, 0.4) is 0 Å². The van der Waals surface area contributed by atoms with Gasteiger partial charge >= 0.3 is 6.61 Å². The van der Waals surface area contributed by atoms with Gasteiger partial charge in [0.1, 0.15) is 5.75 Å². The molecule has 0 amide bonds. The lowest BCUT2D eigenvalue weighted by Gasteiger charge is -2.03. The third-order valence-corrected chi connectivity index (χ3v) is 2.88. The van der Waals surface area contributed by atoms with Crippen molar-refractivity contribution in [2.75, 3.05) is 5.43 Å². The van der Waals surface area contributed by atoms with E-state index in [1.54, 1.807) is 18.3 Å². The van der Waals surface area contributed by atoms with E-state index in [1.807, 2.05) is 24.3 Å². The zero-order valence-corrected chi connectivity index (χ0v) is 11.3. The molecule has 0 fully saturated rings. The minimum absolute atomic E-state index is 0.109. The molecule has 1 aromatic heterocycles. The van der Waals surface area contributed by atoms with Gasteiger partial charge in [-0.25, -0.2) is 10.4 Å². The summed E-state index contributed by atoms with van der Waals surface area (Å²) in [6.07, 6.45) is 1.55. The number of nitrogens with zero attached hydrogens (tertiary/aromatic N) is 2. The van der Waals surface area contributed by atoms with Crippen LogP contribution in [-0.4, -0.2) is 22.8 Å². The van der Waals surface area contributed by atoms with Crippen molar-refractivity contribution >= 4 is 23.2 Å². The second-order valence-electron chi connectivity index (χ2n) is 4.42. The van der Waals surface area contributed by atoms with Gasteiger partial charge < -0.3 is 9.72 Å². The van der Waals surface area contributed by atoms with Gasteiger partial charge in [-0.15, -0.1) is 0 Å². The van der Waals surface area contributed by atoms with Gasteiger partial charge in [0.2, 0.25) is 5.95 Å². The van der Waals surface area contributed by atoms with E-state index in [4.69, 9.17) is 0 Å². The molecule has 0 aliphatic carbocycles. The Labute approximate surface area is 124 Å². The van der Waals surface area contributed by atoms with Crippen molar-refractivity contribution < 1.29 is 13.5 Å². The number of fused-ring (bicyclic) bond motifs is 1. The molecule has 0 aliphatic heterocycles. The largest absolute Gasteiger partial charge is 0.435 e. The molecule has 0 atom stereocenters. The third kappa shape index (κ3) is 3.38. The maximum absolute atomic E-state index is 12.0. The normalized spacial score (nSPS) is 11.4. The number of hydrogen-bond acceptors (Lipinski definition) is 4. The summed E-state index contributed by atoms with van der Waals surface area (Å²) < 4.78 is 28.3. The number of benzene rings is 2. The van der Waals surface area contributed by atoms with Crippen LogP contribution < -0.4 is 10.2 Å². The summed E-state index contributed by atoms with van der Waals surface area (Å²) in [4.78, 5) is 7.38. The molecule has 0 aliphatic rings. The molecule has 112 valence electrons. The summed E-state index contributed by atoms with van der Waals surface area (Å²) in [6.45, 7) is -2.82. The number of nitrogens with one attached hydrogen (secondary N) is 2. The number of H-pyrrole nitrogens is 1. The van der Waals surface area contributed by atoms with Crippen molar-refractivity contribution in [1.82, 2.24) is 9.97 Å². The first-order chi connectivity index (χ1) is 10.7. The lowest BCUT2D eigenvalue weighted by atomic mass is 10.2. The minimum atomic E-state index is -2.82. The Morgan fingerprint density at radius 2 is 1.91 bits per heavy atom.